The lowest BCUT2D eigenvalue weighted by molar-refractivity contribution is -0.139. The van der Waals surface area contributed by atoms with E-state index in [0.717, 1.165) is 16.7 Å². The van der Waals surface area contributed by atoms with E-state index in [1.807, 2.05) is 50.2 Å². The molecular weight excluding hydrogens is 570 g/mol. The average molecular weight is 598 g/mol. The van der Waals surface area contributed by atoms with Crippen LogP contribution in [0.2, 0.25) is 20.1 Å². The van der Waals surface area contributed by atoms with Crippen LogP contribution in [0.25, 0.3) is 0 Å². The van der Waals surface area contributed by atoms with E-state index in [2.05, 4.69) is 5.32 Å². The highest BCUT2D eigenvalue weighted by molar-refractivity contribution is 7.99. The van der Waals surface area contributed by atoms with Crippen molar-refractivity contribution < 1.29 is 9.59 Å². The third kappa shape index (κ3) is 8.83. The Labute approximate surface area is 242 Å². The topological polar surface area (TPSA) is 49.4 Å². The molecule has 0 bridgehead atoms. The second-order valence-corrected chi connectivity index (χ2v) is 11.4. The van der Waals surface area contributed by atoms with Gasteiger partial charge in [0.1, 0.15) is 6.04 Å². The molecule has 0 aliphatic rings. The van der Waals surface area contributed by atoms with Crippen LogP contribution in [0.5, 0.6) is 0 Å². The number of hydrogen-bond acceptors (Lipinski definition) is 3. The maximum absolute atomic E-state index is 13.7. The van der Waals surface area contributed by atoms with E-state index >= 15 is 0 Å². The van der Waals surface area contributed by atoms with Crippen molar-refractivity contribution >= 4 is 70.0 Å². The van der Waals surface area contributed by atoms with Gasteiger partial charge >= 0.3 is 0 Å². The first-order chi connectivity index (χ1) is 17.7. The van der Waals surface area contributed by atoms with Crippen LogP contribution in [-0.4, -0.2) is 34.6 Å². The third-order valence-corrected chi connectivity index (χ3v) is 7.96. The lowest BCUT2D eigenvalue weighted by atomic mass is 10.0. The van der Waals surface area contributed by atoms with E-state index in [-0.39, 0.29) is 30.2 Å². The summed E-state index contributed by atoms with van der Waals surface area (Å²) in [5, 5.41) is 4.90. The standard InChI is InChI=1S/C28H28Cl4N2O2S/c1-18(2)33-28(36)26(14-19-7-4-3-5-8-19)34(15-20-11-12-24(31)25(32)13-20)27(35)17-37-16-21-22(29)9-6-10-23(21)30/h3-13,18,26H,14-17H2,1-2H3,(H,33,36)/t26-/m1/s1. The van der Waals surface area contributed by atoms with Gasteiger partial charge in [-0.2, -0.15) is 0 Å². The van der Waals surface area contributed by atoms with Gasteiger partial charge in [-0.25, -0.2) is 0 Å². The molecule has 4 nitrogen and oxygen atoms in total. The quantitative estimate of drug-likeness (QED) is 0.246. The molecule has 1 atom stereocenters. The van der Waals surface area contributed by atoms with E-state index in [4.69, 9.17) is 46.4 Å². The number of thioether (sulfide) groups is 1. The molecule has 0 heterocycles. The van der Waals surface area contributed by atoms with Crippen LogP contribution in [0.1, 0.15) is 30.5 Å². The predicted molar refractivity (Wildman–Crippen MR) is 157 cm³/mol. The average Bonchev–Trinajstić information content (AvgIpc) is 2.85. The van der Waals surface area contributed by atoms with Crippen molar-refractivity contribution in [1.29, 1.82) is 0 Å². The van der Waals surface area contributed by atoms with E-state index in [1.54, 1.807) is 35.2 Å². The molecule has 0 unspecified atom stereocenters. The Bertz CT molecular complexity index is 1200. The number of carbonyl (C=O) groups is 2. The fraction of sp³-hybridized carbons (Fsp3) is 0.286. The molecule has 196 valence electrons. The van der Waals surface area contributed by atoms with Crippen molar-refractivity contribution in [2.75, 3.05) is 5.75 Å². The Balaban J connectivity index is 1.89. The molecule has 0 aliphatic carbocycles. The van der Waals surface area contributed by atoms with Crippen LogP contribution in [0, 0.1) is 0 Å². The first kappa shape index (κ1) is 29.7. The summed E-state index contributed by atoms with van der Waals surface area (Å²) in [7, 11) is 0. The zero-order valence-electron chi connectivity index (χ0n) is 20.5. The van der Waals surface area contributed by atoms with Crippen LogP contribution in [-0.2, 0) is 28.3 Å². The fourth-order valence-electron chi connectivity index (χ4n) is 3.76. The molecule has 0 aliphatic heterocycles. The predicted octanol–water partition coefficient (Wildman–Crippen LogP) is 7.70. The molecule has 0 radical (unpaired) electrons. The van der Waals surface area contributed by atoms with Gasteiger partial charge < -0.3 is 10.2 Å². The Kier molecular flexibility index (Phi) is 11.5. The zero-order valence-corrected chi connectivity index (χ0v) is 24.4. The molecule has 0 fully saturated rings. The summed E-state index contributed by atoms with van der Waals surface area (Å²) in [5.74, 6) is 0.209. The Morgan fingerprint density at radius 1 is 0.838 bits per heavy atom. The van der Waals surface area contributed by atoms with Crippen LogP contribution in [0.15, 0.2) is 66.7 Å². The largest absolute Gasteiger partial charge is 0.352 e. The van der Waals surface area contributed by atoms with Crippen LogP contribution < -0.4 is 5.32 Å². The highest BCUT2D eigenvalue weighted by atomic mass is 35.5. The second-order valence-electron chi connectivity index (χ2n) is 8.83. The van der Waals surface area contributed by atoms with Crippen molar-refractivity contribution in [3.8, 4) is 0 Å². The summed E-state index contributed by atoms with van der Waals surface area (Å²) >= 11 is 26.4. The molecule has 2 amide bonds. The van der Waals surface area contributed by atoms with Gasteiger partial charge in [0.2, 0.25) is 11.8 Å². The van der Waals surface area contributed by atoms with Crippen molar-refractivity contribution in [2.45, 2.75) is 44.6 Å². The zero-order chi connectivity index (χ0) is 26.9. The monoisotopic (exact) mass is 596 g/mol. The van der Waals surface area contributed by atoms with Gasteiger partial charge in [-0.3, -0.25) is 9.59 Å². The van der Waals surface area contributed by atoms with Gasteiger partial charge in [-0.05, 0) is 54.8 Å². The van der Waals surface area contributed by atoms with Gasteiger partial charge in [-0.15, -0.1) is 11.8 Å². The summed E-state index contributed by atoms with van der Waals surface area (Å²) in [4.78, 5) is 28.7. The number of carbonyl (C=O) groups excluding carboxylic acids is 2. The molecule has 0 saturated heterocycles. The molecule has 37 heavy (non-hydrogen) atoms. The van der Waals surface area contributed by atoms with E-state index in [1.165, 1.54) is 11.8 Å². The minimum absolute atomic E-state index is 0.0792. The summed E-state index contributed by atoms with van der Waals surface area (Å²) < 4.78 is 0. The first-order valence-electron chi connectivity index (χ1n) is 11.7. The lowest BCUT2D eigenvalue weighted by Crippen LogP contribution is -2.52. The van der Waals surface area contributed by atoms with Crippen molar-refractivity contribution in [3.63, 3.8) is 0 Å². The molecule has 3 aromatic carbocycles. The highest BCUT2D eigenvalue weighted by Gasteiger charge is 2.30. The molecule has 0 spiro atoms. The minimum atomic E-state index is -0.726. The van der Waals surface area contributed by atoms with Crippen molar-refractivity contribution in [1.82, 2.24) is 10.2 Å². The SMILES string of the molecule is CC(C)NC(=O)[C@@H](Cc1ccccc1)N(Cc1ccc(Cl)c(Cl)c1)C(=O)CSCc1c(Cl)cccc1Cl. The maximum Gasteiger partial charge on any atom is 0.243 e. The Morgan fingerprint density at radius 3 is 2.14 bits per heavy atom. The molecule has 9 heteroatoms. The normalized spacial score (nSPS) is 11.9. The number of halogens is 4. The van der Waals surface area contributed by atoms with Gasteiger partial charge in [-0.1, -0.05) is 88.9 Å². The highest BCUT2D eigenvalue weighted by Crippen LogP contribution is 2.29. The number of amides is 2. The number of nitrogens with one attached hydrogen (secondary N) is 1. The fourth-order valence-corrected chi connectivity index (χ4v) is 5.73. The number of rotatable bonds is 11. The van der Waals surface area contributed by atoms with Crippen molar-refractivity contribution in [3.05, 3.63) is 104 Å². The molecule has 0 aromatic heterocycles. The van der Waals surface area contributed by atoms with Gasteiger partial charge in [0, 0.05) is 34.8 Å². The molecule has 1 N–H and O–H groups in total. The number of nitrogens with zero attached hydrogens (tertiary/aromatic N) is 1. The van der Waals surface area contributed by atoms with Gasteiger partial charge in [0.15, 0.2) is 0 Å². The molecule has 0 saturated carbocycles. The number of hydrogen-bond donors (Lipinski definition) is 1. The Hall–Kier alpha value is -1.89. The van der Waals surface area contributed by atoms with E-state index in [0.29, 0.717) is 32.3 Å². The van der Waals surface area contributed by atoms with Crippen LogP contribution >= 0.6 is 58.2 Å². The summed E-state index contributed by atoms with van der Waals surface area (Å²) in [6.07, 6.45) is 0.369. The maximum atomic E-state index is 13.7. The summed E-state index contributed by atoms with van der Waals surface area (Å²) in [6.45, 7) is 3.99. The number of benzene rings is 3. The summed E-state index contributed by atoms with van der Waals surface area (Å²) in [6, 6.07) is 19.4. The van der Waals surface area contributed by atoms with Crippen LogP contribution in [0.4, 0.5) is 0 Å². The third-order valence-electron chi connectivity index (χ3n) is 5.57. The summed E-state index contributed by atoms with van der Waals surface area (Å²) in [5.41, 5.74) is 2.50. The molecular formula is C28H28Cl4N2O2S. The van der Waals surface area contributed by atoms with Crippen molar-refractivity contribution in [2.24, 2.45) is 0 Å². The van der Waals surface area contributed by atoms with E-state index < -0.39 is 6.04 Å². The first-order valence-corrected chi connectivity index (χ1v) is 14.4. The smallest absolute Gasteiger partial charge is 0.243 e. The van der Waals surface area contributed by atoms with Crippen LogP contribution in [0.3, 0.4) is 0 Å². The minimum Gasteiger partial charge on any atom is -0.352 e. The second kappa shape index (κ2) is 14.3. The van der Waals surface area contributed by atoms with Gasteiger partial charge in [0.05, 0.1) is 15.8 Å². The van der Waals surface area contributed by atoms with Gasteiger partial charge in [0.25, 0.3) is 0 Å². The Morgan fingerprint density at radius 2 is 1.51 bits per heavy atom. The molecule has 3 rings (SSSR count). The lowest BCUT2D eigenvalue weighted by Gasteiger charge is -2.32. The molecule has 3 aromatic rings. The van der Waals surface area contributed by atoms with E-state index in [9.17, 15) is 9.59 Å².